The Hall–Kier alpha value is -1.82. The number of likely N-dealkylation sites (tertiary alicyclic amines) is 1. The molecule has 0 aliphatic carbocycles. The molecule has 114 valence electrons. The fourth-order valence-corrected chi connectivity index (χ4v) is 2.55. The van der Waals surface area contributed by atoms with Crippen molar-refractivity contribution in [3.63, 3.8) is 0 Å². The van der Waals surface area contributed by atoms with E-state index >= 15 is 0 Å². The average Bonchev–Trinajstić information content (AvgIpc) is 2.83. The molecule has 0 aromatic heterocycles. The summed E-state index contributed by atoms with van der Waals surface area (Å²) in [7, 11) is 0. The van der Waals surface area contributed by atoms with Crippen molar-refractivity contribution in [3.8, 4) is 0 Å². The van der Waals surface area contributed by atoms with E-state index < -0.39 is 23.2 Å². The summed E-state index contributed by atoms with van der Waals surface area (Å²) in [6.45, 7) is 3.56. The fourth-order valence-electron chi connectivity index (χ4n) is 2.30. The molecule has 1 fully saturated rings. The second kappa shape index (κ2) is 5.52. The van der Waals surface area contributed by atoms with E-state index in [4.69, 9.17) is 16.7 Å². The Bertz CT molecular complexity index is 608. The molecular formula is C14H16ClFN2O3. The number of carbonyl (C=O) groups excluding carboxylic acids is 1. The molecule has 0 bridgehead atoms. The minimum absolute atomic E-state index is 0.111. The monoisotopic (exact) mass is 314 g/mol. The van der Waals surface area contributed by atoms with E-state index in [2.05, 4.69) is 5.32 Å². The van der Waals surface area contributed by atoms with Gasteiger partial charge in [-0.15, -0.1) is 0 Å². The molecule has 21 heavy (non-hydrogen) atoms. The lowest BCUT2D eigenvalue weighted by Gasteiger charge is -2.21. The van der Waals surface area contributed by atoms with Gasteiger partial charge < -0.3 is 15.3 Å². The average molecular weight is 315 g/mol. The maximum absolute atomic E-state index is 13.5. The van der Waals surface area contributed by atoms with Gasteiger partial charge in [0.25, 0.3) is 0 Å². The molecule has 0 saturated carbocycles. The topological polar surface area (TPSA) is 69.6 Å². The Morgan fingerprint density at radius 1 is 1.48 bits per heavy atom. The summed E-state index contributed by atoms with van der Waals surface area (Å²) in [5.41, 5.74) is -0.486. The smallest absolute Gasteiger partial charge is 0.321 e. The zero-order valence-corrected chi connectivity index (χ0v) is 12.5. The maximum Gasteiger partial charge on any atom is 0.321 e. The van der Waals surface area contributed by atoms with E-state index in [1.165, 1.54) is 24.0 Å². The summed E-state index contributed by atoms with van der Waals surface area (Å²) in [5.74, 6) is -1.40. The molecule has 7 heteroatoms. The number of carboxylic acid groups (broad SMARTS) is 1. The lowest BCUT2D eigenvalue weighted by molar-refractivity contribution is -0.146. The third-order valence-electron chi connectivity index (χ3n) is 3.86. The van der Waals surface area contributed by atoms with Gasteiger partial charge in [0, 0.05) is 18.7 Å². The number of aliphatic carboxylic acids is 1. The van der Waals surface area contributed by atoms with Crippen LogP contribution in [0.15, 0.2) is 12.1 Å². The number of urea groups is 1. The molecule has 1 heterocycles. The number of carbonyl (C=O) groups is 2. The molecule has 2 amide bonds. The number of rotatable bonds is 2. The minimum atomic E-state index is -0.946. The fraction of sp³-hybridized carbons (Fsp3) is 0.429. The standard InChI is InChI=1S/C14H16ClFN2O3/c1-8-10(16)4-3-9(15)11(8)17-13(21)18-6-5-14(2,7-18)12(19)20/h3-4H,5-7H2,1-2H3,(H,17,21)(H,19,20). The summed E-state index contributed by atoms with van der Waals surface area (Å²) in [5, 5.41) is 12.0. The summed E-state index contributed by atoms with van der Waals surface area (Å²) in [4.78, 5) is 24.8. The van der Waals surface area contributed by atoms with Crippen molar-refractivity contribution in [2.75, 3.05) is 18.4 Å². The predicted octanol–water partition coefficient (Wildman–Crippen LogP) is 3.12. The van der Waals surface area contributed by atoms with Gasteiger partial charge in [0.05, 0.1) is 16.1 Å². The number of benzene rings is 1. The zero-order chi connectivity index (χ0) is 15.8. The van der Waals surface area contributed by atoms with Crippen LogP contribution in [0.5, 0.6) is 0 Å². The maximum atomic E-state index is 13.5. The van der Waals surface area contributed by atoms with Gasteiger partial charge in [0.2, 0.25) is 0 Å². The summed E-state index contributed by atoms with van der Waals surface area (Å²) >= 11 is 5.96. The van der Waals surface area contributed by atoms with Crippen LogP contribution < -0.4 is 5.32 Å². The molecular weight excluding hydrogens is 299 g/mol. The van der Waals surface area contributed by atoms with Gasteiger partial charge in [-0.3, -0.25) is 4.79 Å². The van der Waals surface area contributed by atoms with Crippen LogP contribution in [0.25, 0.3) is 0 Å². The lowest BCUT2D eigenvalue weighted by Crippen LogP contribution is -2.37. The Balaban J connectivity index is 2.14. The summed E-state index contributed by atoms with van der Waals surface area (Å²) in [6.07, 6.45) is 0.381. The van der Waals surface area contributed by atoms with Crippen LogP contribution >= 0.6 is 11.6 Å². The predicted molar refractivity (Wildman–Crippen MR) is 77.1 cm³/mol. The molecule has 5 nitrogen and oxygen atoms in total. The van der Waals surface area contributed by atoms with Crippen molar-refractivity contribution >= 4 is 29.3 Å². The van der Waals surface area contributed by atoms with E-state index in [9.17, 15) is 14.0 Å². The lowest BCUT2D eigenvalue weighted by atomic mass is 9.90. The van der Waals surface area contributed by atoms with Gasteiger partial charge in [-0.2, -0.15) is 0 Å². The van der Waals surface area contributed by atoms with Crippen LogP contribution in [-0.2, 0) is 4.79 Å². The third-order valence-corrected chi connectivity index (χ3v) is 4.17. The normalized spacial score (nSPS) is 21.4. The van der Waals surface area contributed by atoms with Crippen molar-refractivity contribution in [1.29, 1.82) is 0 Å². The zero-order valence-electron chi connectivity index (χ0n) is 11.7. The molecule has 0 radical (unpaired) electrons. The third kappa shape index (κ3) is 2.95. The highest BCUT2D eigenvalue weighted by atomic mass is 35.5. The van der Waals surface area contributed by atoms with Crippen LogP contribution in [-0.4, -0.2) is 35.1 Å². The molecule has 1 saturated heterocycles. The van der Waals surface area contributed by atoms with Crippen molar-refractivity contribution in [1.82, 2.24) is 4.90 Å². The van der Waals surface area contributed by atoms with Crippen LogP contribution in [0.3, 0.4) is 0 Å². The van der Waals surface area contributed by atoms with Gasteiger partial charge in [0.15, 0.2) is 0 Å². The number of hydrogen-bond donors (Lipinski definition) is 2. The molecule has 0 spiro atoms. The van der Waals surface area contributed by atoms with Crippen LogP contribution in [0.4, 0.5) is 14.9 Å². The second-order valence-corrected chi connectivity index (χ2v) is 5.90. The highest BCUT2D eigenvalue weighted by Crippen LogP contribution is 2.32. The van der Waals surface area contributed by atoms with E-state index in [-0.39, 0.29) is 22.8 Å². The molecule has 2 rings (SSSR count). The molecule has 1 aliphatic heterocycles. The van der Waals surface area contributed by atoms with Gasteiger partial charge in [-0.05, 0) is 32.4 Å². The first-order valence-corrected chi connectivity index (χ1v) is 6.86. The van der Waals surface area contributed by atoms with Gasteiger partial charge in [-0.1, -0.05) is 11.6 Å². The van der Waals surface area contributed by atoms with Crippen molar-refractivity contribution in [2.45, 2.75) is 20.3 Å². The highest BCUT2D eigenvalue weighted by Gasteiger charge is 2.42. The first-order chi connectivity index (χ1) is 9.74. The summed E-state index contributed by atoms with van der Waals surface area (Å²) < 4.78 is 13.5. The minimum Gasteiger partial charge on any atom is -0.481 e. The van der Waals surface area contributed by atoms with E-state index in [1.807, 2.05) is 0 Å². The number of hydrogen-bond acceptors (Lipinski definition) is 2. The van der Waals surface area contributed by atoms with Crippen LogP contribution in [0.1, 0.15) is 18.9 Å². The van der Waals surface area contributed by atoms with Crippen LogP contribution in [0.2, 0.25) is 5.02 Å². The molecule has 1 unspecified atom stereocenters. The molecule has 1 aromatic carbocycles. The van der Waals surface area contributed by atoms with E-state index in [1.54, 1.807) is 6.92 Å². The number of carboxylic acids is 1. The Kier molecular flexibility index (Phi) is 4.09. The Labute approximate surface area is 126 Å². The largest absolute Gasteiger partial charge is 0.481 e. The van der Waals surface area contributed by atoms with Gasteiger partial charge in [0.1, 0.15) is 5.82 Å². The summed E-state index contributed by atoms with van der Waals surface area (Å²) in [6, 6.07) is 2.12. The van der Waals surface area contributed by atoms with Crippen molar-refractivity contribution < 1.29 is 19.1 Å². The molecule has 1 aromatic rings. The number of anilines is 1. The number of nitrogens with zero attached hydrogens (tertiary/aromatic N) is 1. The first-order valence-electron chi connectivity index (χ1n) is 6.48. The van der Waals surface area contributed by atoms with Gasteiger partial charge in [-0.25, -0.2) is 9.18 Å². The molecule has 2 N–H and O–H groups in total. The van der Waals surface area contributed by atoms with Crippen molar-refractivity contribution in [3.05, 3.63) is 28.5 Å². The Morgan fingerprint density at radius 3 is 2.71 bits per heavy atom. The van der Waals surface area contributed by atoms with Crippen molar-refractivity contribution in [2.24, 2.45) is 5.41 Å². The SMILES string of the molecule is Cc1c(F)ccc(Cl)c1NC(=O)N1CCC(C)(C(=O)O)C1. The second-order valence-electron chi connectivity index (χ2n) is 5.50. The quantitative estimate of drug-likeness (QED) is 0.881. The molecule has 1 atom stereocenters. The number of nitrogens with one attached hydrogen (secondary N) is 1. The Morgan fingerprint density at radius 2 is 2.14 bits per heavy atom. The molecule has 1 aliphatic rings. The number of amides is 2. The first kappa shape index (κ1) is 15.6. The number of halogens is 2. The van der Waals surface area contributed by atoms with Gasteiger partial charge >= 0.3 is 12.0 Å². The van der Waals surface area contributed by atoms with E-state index in [0.29, 0.717) is 13.0 Å². The highest BCUT2D eigenvalue weighted by molar-refractivity contribution is 6.33. The van der Waals surface area contributed by atoms with Crippen LogP contribution in [0, 0.1) is 18.2 Å². The van der Waals surface area contributed by atoms with E-state index in [0.717, 1.165) is 0 Å².